The van der Waals surface area contributed by atoms with Crippen molar-refractivity contribution in [1.82, 2.24) is 0 Å². The summed E-state index contributed by atoms with van der Waals surface area (Å²) in [6.45, 7) is 14.8. The molecule has 0 fully saturated rings. The molecule has 45 heavy (non-hydrogen) atoms. The summed E-state index contributed by atoms with van der Waals surface area (Å²) in [5.74, 6) is 0. The van der Waals surface area contributed by atoms with Gasteiger partial charge in [0, 0.05) is 7.05 Å². The van der Waals surface area contributed by atoms with E-state index < -0.39 is 14.5 Å². The number of nitrogens with zero attached hydrogens (tertiary/aromatic N) is 1. The maximum Gasteiger partial charge on any atom is 0.123 e. The van der Waals surface area contributed by atoms with Crippen molar-refractivity contribution in [3.8, 4) is 0 Å². The minimum absolute atomic E-state index is 0.441. The Bertz CT molecular complexity index is 1920. The lowest BCUT2D eigenvalue weighted by molar-refractivity contribution is 1.09. The number of anilines is 4. The maximum atomic E-state index is 4.07. The van der Waals surface area contributed by atoms with Gasteiger partial charge >= 0.3 is 0 Å². The Morgan fingerprint density at radius 1 is 0.467 bits per heavy atom. The molecule has 7 rings (SSSR count). The third-order valence-corrected chi connectivity index (χ3v) is 20.2. The third kappa shape index (κ3) is 4.69. The van der Waals surface area contributed by atoms with Gasteiger partial charge in [-0.15, -0.1) is 0 Å². The van der Waals surface area contributed by atoms with Crippen molar-refractivity contribution in [2.75, 3.05) is 30.6 Å². The van der Waals surface area contributed by atoms with Crippen LogP contribution in [0, 0.1) is 0 Å². The second kappa shape index (κ2) is 11.3. The van der Waals surface area contributed by atoms with Gasteiger partial charge in [0.2, 0.25) is 0 Å². The van der Waals surface area contributed by atoms with Crippen molar-refractivity contribution >= 4 is 80.0 Å². The smallest absolute Gasteiger partial charge is 0.123 e. The van der Waals surface area contributed by atoms with E-state index in [4.69, 9.17) is 0 Å². The van der Waals surface area contributed by atoms with Crippen LogP contribution in [0.3, 0.4) is 0 Å². The van der Waals surface area contributed by atoms with Crippen LogP contribution in [0.15, 0.2) is 121 Å². The van der Waals surface area contributed by atoms with Crippen molar-refractivity contribution in [3.05, 3.63) is 121 Å². The monoisotopic (exact) mass is 626 g/mol. The standard InChI is InChI=1S/C41H44N2P2/c1-28(2)44(6)38-22-14-12-20-34(38)42-35-21-13-15-23-39(35)45(7,29(3)4)41-27-33-19-11-9-17-31(33)25-37(41)43(5)36-24-30-16-8-10-18-32(30)26-40(36)44/h8-29,42H,1-7H3/q+2. The molecule has 0 bridgehead atoms. The first-order valence-electron chi connectivity index (χ1n) is 16.1. The fraction of sp³-hybridized carbons (Fsp3) is 0.220. The first kappa shape index (κ1) is 30.0. The van der Waals surface area contributed by atoms with Crippen LogP contribution in [0.2, 0.25) is 0 Å². The summed E-state index contributed by atoms with van der Waals surface area (Å²) >= 11 is 0. The van der Waals surface area contributed by atoms with Gasteiger partial charge in [-0.2, -0.15) is 0 Å². The molecule has 2 unspecified atom stereocenters. The molecule has 0 aliphatic carbocycles. The second-order valence-electron chi connectivity index (χ2n) is 13.4. The van der Waals surface area contributed by atoms with Crippen LogP contribution in [0.25, 0.3) is 21.5 Å². The van der Waals surface area contributed by atoms with Gasteiger partial charge in [0.15, 0.2) is 0 Å². The highest BCUT2D eigenvalue weighted by molar-refractivity contribution is 7.90. The van der Waals surface area contributed by atoms with Gasteiger partial charge in [-0.1, -0.05) is 72.8 Å². The molecule has 2 atom stereocenters. The number of rotatable bonds is 2. The molecule has 0 aromatic heterocycles. The molecule has 1 aliphatic heterocycles. The average Bonchev–Trinajstić information content (AvgIpc) is 3.06. The molecule has 1 N–H and O–H groups in total. The van der Waals surface area contributed by atoms with E-state index >= 15 is 0 Å². The maximum absolute atomic E-state index is 4.07. The molecule has 226 valence electrons. The minimum Gasteiger partial charge on any atom is -0.349 e. The molecule has 0 saturated carbocycles. The highest BCUT2D eigenvalue weighted by Gasteiger charge is 2.49. The molecule has 1 aliphatic rings. The predicted octanol–water partition coefficient (Wildman–Crippen LogP) is 9.83. The normalized spacial score (nSPS) is 19.7. The largest absolute Gasteiger partial charge is 0.349 e. The number of nitrogens with one attached hydrogen (secondary N) is 1. The summed E-state index contributed by atoms with van der Waals surface area (Å²) in [7, 11) is -1.54. The van der Waals surface area contributed by atoms with E-state index in [0.29, 0.717) is 11.3 Å². The highest BCUT2D eigenvalue weighted by atomic mass is 31.2. The summed E-state index contributed by atoms with van der Waals surface area (Å²) in [5, 5.41) is 15.0. The lowest BCUT2D eigenvalue weighted by Crippen LogP contribution is -2.37. The fourth-order valence-electron chi connectivity index (χ4n) is 7.33. The van der Waals surface area contributed by atoms with E-state index in [-0.39, 0.29) is 0 Å². The molecule has 0 saturated heterocycles. The Morgan fingerprint density at radius 3 is 1.18 bits per heavy atom. The van der Waals surface area contributed by atoms with Crippen LogP contribution in [0.4, 0.5) is 22.7 Å². The Morgan fingerprint density at radius 2 is 0.800 bits per heavy atom. The van der Waals surface area contributed by atoms with Crippen molar-refractivity contribution in [2.24, 2.45) is 0 Å². The van der Waals surface area contributed by atoms with Gasteiger partial charge in [-0.3, -0.25) is 0 Å². The van der Waals surface area contributed by atoms with E-state index in [9.17, 15) is 0 Å². The number of hydrogen-bond acceptors (Lipinski definition) is 2. The molecular weight excluding hydrogens is 582 g/mol. The Kier molecular flexibility index (Phi) is 7.51. The highest BCUT2D eigenvalue weighted by Crippen LogP contribution is 2.64. The van der Waals surface area contributed by atoms with E-state index in [1.54, 1.807) is 0 Å². The molecule has 1 heterocycles. The van der Waals surface area contributed by atoms with E-state index in [0.717, 1.165) is 0 Å². The number of benzene rings is 6. The van der Waals surface area contributed by atoms with Crippen LogP contribution < -0.4 is 31.4 Å². The number of fused-ring (bicyclic) bond motifs is 6. The van der Waals surface area contributed by atoms with Crippen molar-refractivity contribution in [2.45, 2.75) is 39.0 Å². The van der Waals surface area contributed by atoms with E-state index in [2.05, 4.69) is 180 Å². The Balaban J connectivity index is 1.68. The minimum atomic E-state index is -1.93. The lowest BCUT2D eigenvalue weighted by Gasteiger charge is -2.37. The Labute approximate surface area is 270 Å². The molecule has 6 aromatic carbocycles. The first-order valence-corrected chi connectivity index (χ1v) is 20.7. The van der Waals surface area contributed by atoms with Crippen molar-refractivity contribution in [1.29, 1.82) is 0 Å². The third-order valence-electron chi connectivity index (χ3n) is 10.6. The second-order valence-corrected chi connectivity index (χ2v) is 21.7. The SMILES string of the molecule is CC(C)[P+]1(C)c2ccccc2Nc2ccccc2[P+](C)(C(C)C)c2cc3ccccc3cc2N(C)c2cc3ccccc3cc21. The van der Waals surface area contributed by atoms with Crippen molar-refractivity contribution in [3.63, 3.8) is 0 Å². The molecule has 0 radical (unpaired) electrons. The molecule has 6 aromatic rings. The number of hydrogen-bond donors (Lipinski definition) is 1. The van der Waals surface area contributed by atoms with Gasteiger partial charge in [-0.25, -0.2) is 0 Å². The van der Waals surface area contributed by atoms with E-state index in [1.807, 2.05) is 0 Å². The molecular formula is C41H44N2P2+2. The molecule has 2 nitrogen and oxygen atoms in total. The van der Waals surface area contributed by atoms with Crippen LogP contribution in [-0.2, 0) is 0 Å². The zero-order chi connectivity index (χ0) is 31.5. The zero-order valence-corrected chi connectivity index (χ0v) is 29.3. The van der Waals surface area contributed by atoms with E-state index in [1.165, 1.54) is 65.5 Å². The molecule has 0 amide bonds. The molecule has 0 spiro atoms. The van der Waals surface area contributed by atoms with Gasteiger partial charge < -0.3 is 10.2 Å². The number of para-hydroxylation sites is 2. The molecule has 4 heteroatoms. The topological polar surface area (TPSA) is 15.3 Å². The van der Waals surface area contributed by atoms with Gasteiger partial charge in [0.05, 0.1) is 61.9 Å². The van der Waals surface area contributed by atoms with Crippen LogP contribution in [-0.4, -0.2) is 31.7 Å². The first-order chi connectivity index (χ1) is 21.6. The zero-order valence-electron chi connectivity index (χ0n) is 27.5. The van der Waals surface area contributed by atoms with Crippen LogP contribution >= 0.6 is 14.5 Å². The fourth-order valence-corrected chi connectivity index (χ4v) is 14.3. The lowest BCUT2D eigenvalue weighted by atomic mass is 10.1. The summed E-state index contributed by atoms with van der Waals surface area (Å²) in [4.78, 5) is 2.55. The van der Waals surface area contributed by atoms with Gasteiger partial charge in [0.25, 0.3) is 0 Å². The van der Waals surface area contributed by atoms with Crippen LogP contribution in [0.5, 0.6) is 0 Å². The quantitative estimate of drug-likeness (QED) is 0.193. The Hall–Kier alpha value is -3.70. The summed E-state index contributed by atoms with van der Waals surface area (Å²) in [6, 6.07) is 46.0. The average molecular weight is 627 g/mol. The van der Waals surface area contributed by atoms with Crippen molar-refractivity contribution < 1.29 is 0 Å². The van der Waals surface area contributed by atoms with Gasteiger partial charge in [-0.05, 0) is 97.8 Å². The summed E-state index contributed by atoms with van der Waals surface area (Å²) in [5.41, 5.74) is 5.96. The van der Waals surface area contributed by atoms with Crippen LogP contribution in [0.1, 0.15) is 27.7 Å². The van der Waals surface area contributed by atoms with Gasteiger partial charge in [0.1, 0.15) is 21.2 Å². The predicted molar refractivity (Wildman–Crippen MR) is 207 cm³/mol. The summed E-state index contributed by atoms with van der Waals surface area (Å²) in [6.07, 6.45) is 0. The summed E-state index contributed by atoms with van der Waals surface area (Å²) < 4.78 is 0.